The minimum atomic E-state index is -0.462. The van der Waals surface area contributed by atoms with Crippen LogP contribution in [0.3, 0.4) is 0 Å². The fourth-order valence-electron chi connectivity index (χ4n) is 3.24. The van der Waals surface area contributed by atoms with Gasteiger partial charge in [-0.05, 0) is 41.0 Å². The molecule has 0 aliphatic rings. The number of ether oxygens (including phenoxy) is 1. The Morgan fingerprint density at radius 3 is 2.56 bits per heavy atom. The Balaban J connectivity index is 1.69. The maximum atomic E-state index is 12.4. The second kappa shape index (κ2) is 7.08. The average molecular weight is 358 g/mol. The molecular weight excluding hydrogens is 340 g/mol. The van der Waals surface area contributed by atoms with Crippen molar-refractivity contribution >= 4 is 27.7 Å². The zero-order chi connectivity index (χ0) is 18.8. The van der Waals surface area contributed by atoms with Crippen molar-refractivity contribution in [2.24, 2.45) is 0 Å². The lowest BCUT2D eigenvalue weighted by atomic mass is 10.0. The minimum absolute atomic E-state index is 0.00443. The van der Waals surface area contributed by atoms with E-state index in [1.807, 2.05) is 42.5 Å². The molecule has 0 spiro atoms. The van der Waals surface area contributed by atoms with E-state index in [1.54, 1.807) is 18.2 Å². The summed E-state index contributed by atoms with van der Waals surface area (Å²) in [6.45, 7) is 2.06. The predicted octanol–water partition coefficient (Wildman–Crippen LogP) is 4.87. The molecule has 0 unspecified atom stereocenters. The number of hydrogen-bond donors (Lipinski definition) is 0. The molecule has 4 aromatic rings. The zero-order valence-electron chi connectivity index (χ0n) is 14.9. The van der Waals surface area contributed by atoms with E-state index in [1.165, 1.54) is 6.07 Å². The number of aryl methyl sites for hydroxylation is 1. The summed E-state index contributed by atoms with van der Waals surface area (Å²) in [4.78, 5) is 24.3. The Kier molecular flexibility index (Phi) is 4.47. The molecule has 27 heavy (non-hydrogen) atoms. The second-order valence-electron chi connectivity index (χ2n) is 6.38. The summed E-state index contributed by atoms with van der Waals surface area (Å²) < 4.78 is 10.8. The first-order valence-electron chi connectivity index (χ1n) is 8.86. The molecule has 0 saturated carbocycles. The van der Waals surface area contributed by atoms with Crippen LogP contribution in [0.5, 0.6) is 0 Å². The topological polar surface area (TPSA) is 56.5 Å². The third-order valence-electron chi connectivity index (χ3n) is 4.67. The maximum Gasteiger partial charge on any atom is 0.338 e. The van der Waals surface area contributed by atoms with Gasteiger partial charge in [-0.3, -0.25) is 0 Å². The number of benzene rings is 3. The van der Waals surface area contributed by atoms with Crippen LogP contribution in [-0.4, -0.2) is 5.97 Å². The van der Waals surface area contributed by atoms with Crippen molar-refractivity contribution in [3.05, 3.63) is 93.8 Å². The van der Waals surface area contributed by atoms with Gasteiger partial charge >= 0.3 is 11.6 Å². The summed E-state index contributed by atoms with van der Waals surface area (Å²) in [6, 6.07) is 20.2. The smallest absolute Gasteiger partial charge is 0.338 e. The monoisotopic (exact) mass is 358 g/mol. The van der Waals surface area contributed by atoms with Crippen molar-refractivity contribution in [2.45, 2.75) is 20.0 Å². The third kappa shape index (κ3) is 3.34. The quantitative estimate of drug-likeness (QED) is 0.297. The standard InChI is InChI=1S/C23H18O4/c1-2-15-7-9-17(10-8-15)23(25)26-14-18-13-21(24)27-20-12-11-16-5-3-4-6-19(16)22(18)20/h3-13H,2,14H2,1H3. The molecule has 4 rings (SSSR count). The summed E-state index contributed by atoms with van der Waals surface area (Å²) in [5, 5.41) is 2.78. The molecule has 4 heteroatoms. The molecule has 0 saturated heterocycles. The van der Waals surface area contributed by atoms with Gasteiger partial charge in [0.2, 0.25) is 0 Å². The lowest BCUT2D eigenvalue weighted by molar-refractivity contribution is 0.0474. The van der Waals surface area contributed by atoms with E-state index in [2.05, 4.69) is 6.92 Å². The summed E-state index contributed by atoms with van der Waals surface area (Å²) in [5.41, 5.74) is 2.31. The van der Waals surface area contributed by atoms with Gasteiger partial charge in [0.15, 0.2) is 0 Å². The third-order valence-corrected chi connectivity index (χ3v) is 4.67. The SMILES string of the molecule is CCc1ccc(C(=O)OCc2cc(=O)oc3ccc4ccccc4c23)cc1. The van der Waals surface area contributed by atoms with Gasteiger partial charge in [0.25, 0.3) is 0 Å². The van der Waals surface area contributed by atoms with E-state index in [4.69, 9.17) is 9.15 Å². The Morgan fingerprint density at radius 2 is 1.78 bits per heavy atom. The highest BCUT2D eigenvalue weighted by Gasteiger charge is 2.13. The second-order valence-corrected chi connectivity index (χ2v) is 6.38. The molecule has 0 amide bonds. The number of rotatable bonds is 4. The van der Waals surface area contributed by atoms with Crippen LogP contribution in [0.1, 0.15) is 28.4 Å². The number of hydrogen-bond acceptors (Lipinski definition) is 4. The molecule has 0 aliphatic heterocycles. The van der Waals surface area contributed by atoms with Crippen LogP contribution >= 0.6 is 0 Å². The lowest BCUT2D eigenvalue weighted by Crippen LogP contribution is -2.08. The number of fused-ring (bicyclic) bond motifs is 3. The van der Waals surface area contributed by atoms with Crippen LogP contribution in [0, 0.1) is 0 Å². The van der Waals surface area contributed by atoms with E-state index in [-0.39, 0.29) is 6.61 Å². The van der Waals surface area contributed by atoms with Crippen molar-refractivity contribution in [3.8, 4) is 0 Å². The van der Waals surface area contributed by atoms with Gasteiger partial charge in [-0.2, -0.15) is 0 Å². The largest absolute Gasteiger partial charge is 0.457 e. The van der Waals surface area contributed by atoms with Crippen LogP contribution in [0.2, 0.25) is 0 Å². The van der Waals surface area contributed by atoms with Crippen molar-refractivity contribution in [1.82, 2.24) is 0 Å². The summed E-state index contributed by atoms with van der Waals surface area (Å²) in [7, 11) is 0. The first kappa shape index (κ1) is 17.0. The summed E-state index contributed by atoms with van der Waals surface area (Å²) in [6.07, 6.45) is 0.911. The molecule has 1 aromatic heterocycles. The highest BCUT2D eigenvalue weighted by atomic mass is 16.5. The van der Waals surface area contributed by atoms with Crippen LogP contribution in [0.25, 0.3) is 21.7 Å². The van der Waals surface area contributed by atoms with Crippen LogP contribution < -0.4 is 5.63 Å². The molecular formula is C23H18O4. The van der Waals surface area contributed by atoms with Gasteiger partial charge in [0, 0.05) is 17.0 Å². The van der Waals surface area contributed by atoms with Crippen LogP contribution in [0.15, 0.2) is 75.9 Å². The molecule has 0 aliphatic carbocycles. The van der Waals surface area contributed by atoms with E-state index < -0.39 is 11.6 Å². The summed E-state index contributed by atoms with van der Waals surface area (Å²) >= 11 is 0. The van der Waals surface area contributed by atoms with Crippen molar-refractivity contribution in [1.29, 1.82) is 0 Å². The van der Waals surface area contributed by atoms with Crippen LogP contribution in [0.4, 0.5) is 0 Å². The molecule has 4 nitrogen and oxygen atoms in total. The van der Waals surface area contributed by atoms with Crippen molar-refractivity contribution in [2.75, 3.05) is 0 Å². The number of esters is 1. The first-order chi connectivity index (χ1) is 13.2. The minimum Gasteiger partial charge on any atom is -0.457 e. The molecule has 0 radical (unpaired) electrons. The van der Waals surface area contributed by atoms with Gasteiger partial charge < -0.3 is 9.15 Å². The van der Waals surface area contributed by atoms with Gasteiger partial charge in [0.1, 0.15) is 12.2 Å². The van der Waals surface area contributed by atoms with Crippen molar-refractivity contribution < 1.29 is 13.9 Å². The van der Waals surface area contributed by atoms with Gasteiger partial charge in [-0.1, -0.05) is 49.4 Å². The molecule has 0 bridgehead atoms. The molecule has 0 N–H and O–H groups in total. The molecule has 3 aromatic carbocycles. The van der Waals surface area contributed by atoms with Gasteiger partial charge in [-0.15, -0.1) is 0 Å². The van der Waals surface area contributed by atoms with Gasteiger partial charge in [-0.25, -0.2) is 9.59 Å². The Morgan fingerprint density at radius 1 is 1.00 bits per heavy atom. The van der Waals surface area contributed by atoms with E-state index in [0.29, 0.717) is 16.7 Å². The average Bonchev–Trinajstić information content (AvgIpc) is 2.71. The highest BCUT2D eigenvalue weighted by molar-refractivity contribution is 6.07. The summed E-state index contributed by atoms with van der Waals surface area (Å²) in [5.74, 6) is -0.417. The molecule has 0 atom stereocenters. The zero-order valence-corrected chi connectivity index (χ0v) is 14.9. The van der Waals surface area contributed by atoms with Crippen LogP contribution in [-0.2, 0) is 17.8 Å². The molecule has 0 fully saturated rings. The Bertz CT molecular complexity index is 1190. The Labute approximate surface area is 156 Å². The first-order valence-corrected chi connectivity index (χ1v) is 8.86. The number of carbonyl (C=O) groups excluding carboxylic acids is 1. The Hall–Kier alpha value is -3.40. The maximum absolute atomic E-state index is 12.4. The van der Waals surface area contributed by atoms with E-state index >= 15 is 0 Å². The highest BCUT2D eigenvalue weighted by Crippen LogP contribution is 2.27. The van der Waals surface area contributed by atoms with Gasteiger partial charge in [0.05, 0.1) is 5.56 Å². The fourth-order valence-corrected chi connectivity index (χ4v) is 3.24. The lowest BCUT2D eigenvalue weighted by Gasteiger charge is -2.10. The van der Waals surface area contributed by atoms with E-state index in [9.17, 15) is 9.59 Å². The predicted molar refractivity (Wildman–Crippen MR) is 105 cm³/mol. The number of carbonyl (C=O) groups is 1. The molecule has 134 valence electrons. The normalized spacial score (nSPS) is 11.0. The van der Waals surface area contributed by atoms with E-state index in [0.717, 1.165) is 28.1 Å². The van der Waals surface area contributed by atoms with Crippen molar-refractivity contribution in [3.63, 3.8) is 0 Å². The fraction of sp³-hybridized carbons (Fsp3) is 0.130. The molecule has 1 heterocycles.